The number of nitrogens with zero attached hydrogens (tertiary/aromatic N) is 1. The molecule has 0 aliphatic carbocycles. The molecular formula is C19H28N4O9S4. The van der Waals surface area contributed by atoms with Gasteiger partial charge in [0.05, 0.1) is 24.9 Å². The largest absolute Gasteiger partial charge is 0.355 e. The zero-order chi connectivity index (χ0) is 26.3. The number of hydrogen-bond donors (Lipinski definition) is 4. The minimum Gasteiger partial charge on any atom is -0.355 e. The Morgan fingerprint density at radius 3 is 2.61 bits per heavy atom. The van der Waals surface area contributed by atoms with Gasteiger partial charge in [-0.25, -0.2) is 9.59 Å². The lowest BCUT2D eigenvalue weighted by Crippen LogP contribution is -2.36. The van der Waals surface area contributed by atoms with Crippen LogP contribution in [0.25, 0.3) is 0 Å². The lowest BCUT2D eigenvalue weighted by Gasteiger charge is -2.16. The molecule has 3 aliphatic rings. The van der Waals surface area contributed by atoms with Crippen molar-refractivity contribution in [2.45, 2.75) is 61.1 Å². The van der Waals surface area contributed by atoms with Crippen LogP contribution in [0.2, 0.25) is 0 Å². The average molecular weight is 585 g/mol. The fraction of sp³-hybridized carbons (Fsp3) is 0.737. The first-order chi connectivity index (χ1) is 17.1. The molecule has 0 aromatic rings. The van der Waals surface area contributed by atoms with Crippen LogP contribution in [0.4, 0.5) is 4.79 Å². The summed E-state index contributed by atoms with van der Waals surface area (Å²) in [5.41, 5.74) is 0. The lowest BCUT2D eigenvalue weighted by atomic mass is 10.0. The van der Waals surface area contributed by atoms with E-state index < -0.39 is 39.6 Å². The molecule has 3 saturated heterocycles. The third-order valence-electron chi connectivity index (χ3n) is 5.68. The summed E-state index contributed by atoms with van der Waals surface area (Å²) in [4.78, 5) is 63.3. The minimum absolute atomic E-state index is 0.0277. The van der Waals surface area contributed by atoms with Crippen molar-refractivity contribution in [1.82, 2.24) is 21.0 Å². The Hall–Kier alpha value is -1.69. The monoisotopic (exact) mass is 584 g/mol. The summed E-state index contributed by atoms with van der Waals surface area (Å²) in [5.74, 6) is -1.38. The van der Waals surface area contributed by atoms with Gasteiger partial charge in [-0.05, 0) is 12.8 Å². The molecule has 3 aliphatic heterocycles. The Bertz CT molecular complexity index is 980. The molecule has 3 fully saturated rings. The van der Waals surface area contributed by atoms with E-state index in [0.29, 0.717) is 29.7 Å². The number of hydrogen-bond acceptors (Lipinski definition) is 11. The highest BCUT2D eigenvalue weighted by atomic mass is 33.1. The molecule has 4 N–H and O–H groups in total. The van der Waals surface area contributed by atoms with Crippen molar-refractivity contribution >= 4 is 73.2 Å². The van der Waals surface area contributed by atoms with Crippen LogP contribution in [0, 0.1) is 0 Å². The average Bonchev–Trinajstić information content (AvgIpc) is 3.44. The standard InChI is InChI=1S/C19H28N4O9S4/c24-14(4-2-1-3-12-17-11(10-33-12)21-19(28)22-17)20-6-8-35-34-7-5-16(26)32-23-15(25)9-13(18(23)27)36(29,30)31/h11-13,17H,1-10H2,(H,20,24)(H2,21,22,28)(H,29,30,31)/t11-,12-,13?,17-/m0/s1. The summed E-state index contributed by atoms with van der Waals surface area (Å²) in [6, 6.07) is 0.281. The fourth-order valence-corrected chi connectivity index (χ4v) is 8.02. The van der Waals surface area contributed by atoms with Gasteiger partial charge in [0.25, 0.3) is 21.9 Å². The maximum absolute atomic E-state index is 12.0. The van der Waals surface area contributed by atoms with Crippen molar-refractivity contribution in [1.29, 1.82) is 0 Å². The maximum atomic E-state index is 12.0. The quantitative estimate of drug-likeness (QED) is 0.0708. The number of urea groups is 1. The van der Waals surface area contributed by atoms with E-state index in [4.69, 9.17) is 4.55 Å². The van der Waals surface area contributed by atoms with Crippen LogP contribution in [-0.4, -0.2) is 94.1 Å². The molecule has 0 saturated carbocycles. The van der Waals surface area contributed by atoms with E-state index >= 15 is 0 Å². The predicted octanol–water partition coefficient (Wildman–Crippen LogP) is 0.0734. The Morgan fingerprint density at radius 1 is 1.14 bits per heavy atom. The number of hydroxylamine groups is 2. The SMILES string of the molecule is O=C(CCCC[C@@H]1SC[C@@H]2NC(=O)N[C@@H]21)NCCSSCCC(=O)ON1C(=O)CC(S(=O)(=O)O)C1=O. The van der Waals surface area contributed by atoms with Crippen LogP contribution in [0.3, 0.4) is 0 Å². The smallest absolute Gasteiger partial charge is 0.334 e. The zero-order valence-electron chi connectivity index (χ0n) is 19.2. The third kappa shape index (κ3) is 8.16. The van der Waals surface area contributed by atoms with Gasteiger partial charge >= 0.3 is 12.0 Å². The fourth-order valence-electron chi connectivity index (χ4n) is 3.90. The third-order valence-corrected chi connectivity index (χ3v) is 10.7. The number of amides is 5. The second-order valence-corrected chi connectivity index (χ2v) is 13.9. The Morgan fingerprint density at radius 2 is 1.89 bits per heavy atom. The predicted molar refractivity (Wildman–Crippen MR) is 134 cm³/mol. The van der Waals surface area contributed by atoms with Gasteiger partial charge in [-0.15, -0.1) is 5.06 Å². The van der Waals surface area contributed by atoms with Crippen molar-refractivity contribution < 1.29 is 41.8 Å². The van der Waals surface area contributed by atoms with Gasteiger partial charge in [0, 0.05) is 35.5 Å². The minimum atomic E-state index is -4.76. The van der Waals surface area contributed by atoms with Crippen molar-refractivity contribution in [2.24, 2.45) is 0 Å². The second kappa shape index (κ2) is 13.2. The number of fused-ring (bicyclic) bond motifs is 1. The van der Waals surface area contributed by atoms with Crippen molar-refractivity contribution in [3.8, 4) is 0 Å². The summed E-state index contributed by atoms with van der Waals surface area (Å²) in [7, 11) is -1.99. The molecule has 0 spiro atoms. The number of thioether (sulfide) groups is 1. The molecule has 0 aromatic carbocycles. The van der Waals surface area contributed by atoms with E-state index in [-0.39, 0.29) is 35.5 Å². The van der Waals surface area contributed by atoms with Crippen LogP contribution >= 0.6 is 33.3 Å². The van der Waals surface area contributed by atoms with E-state index in [2.05, 4.69) is 20.8 Å². The highest BCUT2D eigenvalue weighted by Crippen LogP contribution is 2.33. The molecule has 1 unspecified atom stereocenters. The van der Waals surface area contributed by atoms with Gasteiger partial charge in [-0.3, -0.25) is 18.9 Å². The Labute approximate surface area is 220 Å². The Kier molecular flexibility index (Phi) is 10.6. The zero-order valence-corrected chi connectivity index (χ0v) is 22.4. The number of carbonyl (C=O) groups excluding carboxylic acids is 5. The molecule has 4 atom stereocenters. The number of carbonyl (C=O) groups is 5. The summed E-state index contributed by atoms with van der Waals surface area (Å²) in [6.07, 6.45) is 2.18. The van der Waals surface area contributed by atoms with Crippen molar-refractivity contribution in [3.05, 3.63) is 0 Å². The molecule has 3 rings (SSSR count). The number of rotatable bonds is 14. The first-order valence-corrected chi connectivity index (χ1v) is 16.3. The summed E-state index contributed by atoms with van der Waals surface area (Å²) >= 11 is 1.85. The molecule has 5 amide bonds. The van der Waals surface area contributed by atoms with Crippen LogP contribution in [0.5, 0.6) is 0 Å². The van der Waals surface area contributed by atoms with Crippen LogP contribution in [-0.2, 0) is 34.1 Å². The molecular weight excluding hydrogens is 556 g/mol. The van der Waals surface area contributed by atoms with Gasteiger partial charge in [-0.1, -0.05) is 28.0 Å². The number of imide groups is 1. The number of unbranched alkanes of at least 4 members (excludes halogenated alkanes) is 1. The molecule has 202 valence electrons. The number of nitrogens with one attached hydrogen (secondary N) is 3. The molecule has 0 aromatic heterocycles. The second-order valence-electron chi connectivity index (χ2n) is 8.31. The van der Waals surface area contributed by atoms with E-state index in [0.717, 1.165) is 25.0 Å². The summed E-state index contributed by atoms with van der Waals surface area (Å²) in [6.45, 7) is 0.467. The molecule has 0 bridgehead atoms. The van der Waals surface area contributed by atoms with Gasteiger partial charge < -0.3 is 20.8 Å². The summed E-state index contributed by atoms with van der Waals surface area (Å²) in [5, 5.41) is 7.22. The van der Waals surface area contributed by atoms with E-state index in [9.17, 15) is 32.4 Å². The highest BCUT2D eigenvalue weighted by Gasteiger charge is 2.48. The van der Waals surface area contributed by atoms with Crippen LogP contribution in [0.1, 0.15) is 38.5 Å². The van der Waals surface area contributed by atoms with Gasteiger partial charge in [0.15, 0.2) is 5.25 Å². The molecule has 17 heteroatoms. The van der Waals surface area contributed by atoms with E-state index in [1.54, 1.807) is 0 Å². The van der Waals surface area contributed by atoms with Gasteiger partial charge in [-0.2, -0.15) is 20.2 Å². The topological polar surface area (TPSA) is 188 Å². The van der Waals surface area contributed by atoms with Crippen LogP contribution < -0.4 is 16.0 Å². The first-order valence-electron chi connectivity index (χ1n) is 11.3. The van der Waals surface area contributed by atoms with Gasteiger partial charge in [0.1, 0.15) is 0 Å². The normalized spacial score (nSPS) is 25.5. The van der Waals surface area contributed by atoms with Crippen molar-refractivity contribution in [3.63, 3.8) is 0 Å². The van der Waals surface area contributed by atoms with Gasteiger partial charge in [0.2, 0.25) is 5.91 Å². The van der Waals surface area contributed by atoms with E-state index in [1.165, 1.54) is 21.6 Å². The van der Waals surface area contributed by atoms with E-state index in [1.807, 2.05) is 11.8 Å². The first kappa shape index (κ1) is 28.9. The lowest BCUT2D eigenvalue weighted by molar-refractivity contribution is -0.197. The highest BCUT2D eigenvalue weighted by molar-refractivity contribution is 8.76. The maximum Gasteiger partial charge on any atom is 0.334 e. The molecule has 36 heavy (non-hydrogen) atoms. The summed E-state index contributed by atoms with van der Waals surface area (Å²) < 4.78 is 31.1. The van der Waals surface area contributed by atoms with Crippen LogP contribution in [0.15, 0.2) is 0 Å². The molecule has 0 radical (unpaired) electrons. The Balaban J connectivity index is 1.16. The van der Waals surface area contributed by atoms with Crippen molar-refractivity contribution in [2.75, 3.05) is 23.8 Å². The molecule has 13 nitrogen and oxygen atoms in total. The molecule has 3 heterocycles.